The number of pyridine rings is 2. The fourth-order valence-corrected chi connectivity index (χ4v) is 9.11. The first-order valence-electron chi connectivity index (χ1n) is 16.7. The van der Waals surface area contributed by atoms with Crippen molar-refractivity contribution < 1.29 is 0 Å². The fourth-order valence-electron chi connectivity index (χ4n) is 9.11. The van der Waals surface area contributed by atoms with Gasteiger partial charge in [-0.2, -0.15) is 0 Å². The molecule has 6 heterocycles. The van der Waals surface area contributed by atoms with Crippen LogP contribution in [0, 0.1) is 0 Å². The van der Waals surface area contributed by atoms with Crippen LogP contribution in [0.2, 0.25) is 0 Å². The normalized spacial score (nSPS) is 21.1. The average Bonchev–Trinajstić information content (AvgIpc) is 3.72. The van der Waals surface area contributed by atoms with Gasteiger partial charge in [0.15, 0.2) is 24.7 Å². The standard InChI is InChI=1S/C40H20N8O2/c49-39-23-15-11-19-18-10-14-22-32-24(40(50)48-36(22)46-34-38(48)44-28-8-4-2-6-26(28)42-34)16-12-20(30(18)32)17-9-13-21(31(23)29(17)19)35-45-33-37(47(35)39)43-27-7-3-1-5-25(27)41-33/h1-16,33-34,37-38H. The van der Waals surface area contributed by atoms with E-state index in [9.17, 15) is 9.59 Å². The van der Waals surface area contributed by atoms with Gasteiger partial charge in [-0.15, -0.1) is 0 Å². The molecule has 0 fully saturated rings. The molecule has 0 aliphatic carbocycles. The van der Waals surface area contributed by atoms with E-state index in [1.165, 1.54) is 0 Å². The van der Waals surface area contributed by atoms with Crippen molar-refractivity contribution in [1.82, 2.24) is 9.13 Å². The predicted molar refractivity (Wildman–Crippen MR) is 188 cm³/mol. The molecule has 9 aromatic rings. The van der Waals surface area contributed by atoms with Crippen LogP contribution in [0.15, 0.2) is 137 Å². The number of hydrogen-bond donors (Lipinski definition) is 0. The summed E-state index contributed by atoms with van der Waals surface area (Å²) in [7, 11) is 0. The molecule has 232 valence electrons. The molecular weight excluding hydrogens is 624 g/mol. The van der Waals surface area contributed by atoms with E-state index in [1.54, 1.807) is 9.13 Å². The van der Waals surface area contributed by atoms with Crippen LogP contribution in [0.5, 0.6) is 0 Å². The minimum Gasteiger partial charge on any atom is -0.269 e. The van der Waals surface area contributed by atoms with E-state index >= 15 is 0 Å². The Balaban J connectivity index is 1.14. The Morgan fingerprint density at radius 1 is 0.360 bits per heavy atom. The Kier molecular flexibility index (Phi) is 4.21. The maximum Gasteiger partial charge on any atom is 0.262 e. The highest BCUT2D eigenvalue weighted by Crippen LogP contribution is 2.44. The fraction of sp³-hybridized carbons (Fsp3) is 0.100. The molecule has 4 aliphatic rings. The third kappa shape index (κ3) is 2.78. The average molecular weight is 645 g/mol. The molecule has 0 N–H and O–H groups in total. The zero-order valence-corrected chi connectivity index (χ0v) is 25.9. The molecule has 7 aromatic carbocycles. The van der Waals surface area contributed by atoms with Crippen LogP contribution in [-0.2, 0) is 0 Å². The van der Waals surface area contributed by atoms with Gasteiger partial charge in [0, 0.05) is 32.3 Å². The van der Waals surface area contributed by atoms with Crippen LogP contribution >= 0.6 is 0 Å². The molecule has 0 saturated heterocycles. The first-order chi connectivity index (χ1) is 24.6. The summed E-state index contributed by atoms with van der Waals surface area (Å²) < 4.78 is 3.44. The van der Waals surface area contributed by atoms with Crippen LogP contribution in [-0.4, -0.2) is 21.5 Å². The van der Waals surface area contributed by atoms with Crippen molar-refractivity contribution in [3.8, 4) is 0 Å². The largest absolute Gasteiger partial charge is 0.269 e. The quantitative estimate of drug-likeness (QED) is 0.187. The van der Waals surface area contributed by atoms with E-state index in [1.807, 2.05) is 60.7 Å². The SMILES string of the molecule is O=c1c2ccc3c4ccc5c6n(c(=O)c7ccc(c8ccc(c9n1C1N=c%10ccccc%10=NC1N=9)c2c38)c4c75)C1N=c2ccccc2=NC1N=6. The first kappa shape index (κ1) is 25.4. The maximum atomic E-state index is 14.3. The monoisotopic (exact) mass is 644 g/mol. The van der Waals surface area contributed by atoms with Gasteiger partial charge in [0.1, 0.15) is 11.0 Å². The van der Waals surface area contributed by atoms with Crippen molar-refractivity contribution >= 4 is 64.6 Å². The summed E-state index contributed by atoms with van der Waals surface area (Å²) in [5.74, 6) is 0. The van der Waals surface area contributed by atoms with E-state index < -0.39 is 24.7 Å². The molecule has 0 spiro atoms. The third-order valence-electron chi connectivity index (χ3n) is 11.2. The maximum absolute atomic E-state index is 14.3. The molecule has 10 nitrogen and oxygen atoms in total. The molecule has 13 rings (SSSR count). The number of nitrogens with zero attached hydrogens (tertiary/aromatic N) is 8. The molecule has 4 aliphatic heterocycles. The van der Waals surface area contributed by atoms with E-state index in [0.717, 1.165) is 75.3 Å². The molecule has 50 heavy (non-hydrogen) atoms. The van der Waals surface area contributed by atoms with Crippen LogP contribution in [0.25, 0.3) is 64.6 Å². The number of aromatic nitrogens is 2. The topological polar surface area (TPSA) is 118 Å². The molecule has 0 saturated carbocycles. The molecule has 10 heteroatoms. The molecular formula is C40H20N8O2. The lowest BCUT2D eigenvalue weighted by molar-refractivity contribution is 0.438. The second kappa shape index (κ2) is 8.30. The van der Waals surface area contributed by atoms with Gasteiger partial charge in [-0.3, -0.25) is 38.7 Å². The number of rotatable bonds is 0. The highest BCUT2D eigenvalue weighted by atomic mass is 16.1. The van der Waals surface area contributed by atoms with Crippen molar-refractivity contribution in [3.63, 3.8) is 0 Å². The summed E-state index contributed by atoms with van der Waals surface area (Å²) in [6, 6.07) is 31.9. The summed E-state index contributed by atoms with van der Waals surface area (Å²) in [5.41, 5.74) is 0.987. The molecule has 2 aromatic heterocycles. The summed E-state index contributed by atoms with van der Waals surface area (Å²) in [6.45, 7) is 0. The van der Waals surface area contributed by atoms with Gasteiger partial charge in [0.25, 0.3) is 11.1 Å². The zero-order chi connectivity index (χ0) is 32.6. The number of fused-ring (bicyclic) bond motifs is 12. The van der Waals surface area contributed by atoms with Gasteiger partial charge in [-0.1, -0.05) is 48.5 Å². The second-order valence-electron chi connectivity index (χ2n) is 13.5. The highest BCUT2D eigenvalue weighted by molar-refractivity contribution is 6.39. The van der Waals surface area contributed by atoms with Gasteiger partial charge in [-0.25, -0.2) is 9.98 Å². The van der Waals surface area contributed by atoms with Crippen LogP contribution in [0.3, 0.4) is 0 Å². The number of para-hydroxylation sites is 4. The zero-order valence-electron chi connectivity index (χ0n) is 25.9. The summed E-state index contributed by atoms with van der Waals surface area (Å²) >= 11 is 0. The van der Waals surface area contributed by atoms with E-state index in [2.05, 4.69) is 36.4 Å². The van der Waals surface area contributed by atoms with Crippen LogP contribution in [0.1, 0.15) is 12.3 Å². The van der Waals surface area contributed by atoms with Crippen molar-refractivity contribution in [2.75, 3.05) is 0 Å². The molecule has 0 amide bonds. The van der Waals surface area contributed by atoms with Crippen LogP contribution in [0.4, 0.5) is 0 Å². The lowest BCUT2D eigenvalue weighted by Gasteiger charge is -2.20. The van der Waals surface area contributed by atoms with Crippen LogP contribution < -0.4 is 43.5 Å². The lowest BCUT2D eigenvalue weighted by Crippen LogP contribution is -2.39. The Hall–Kier alpha value is -6.68. The summed E-state index contributed by atoms with van der Waals surface area (Å²) in [4.78, 5) is 58.3. The van der Waals surface area contributed by atoms with E-state index in [-0.39, 0.29) is 11.1 Å². The van der Waals surface area contributed by atoms with E-state index in [4.69, 9.17) is 30.0 Å². The predicted octanol–water partition coefficient (Wildman–Crippen LogP) is 2.63. The molecule has 4 atom stereocenters. The Bertz CT molecular complexity index is 3380. The minimum absolute atomic E-state index is 0.119. The smallest absolute Gasteiger partial charge is 0.262 e. The number of benzene rings is 7. The molecule has 0 radical (unpaired) electrons. The van der Waals surface area contributed by atoms with Gasteiger partial charge in [0.05, 0.1) is 21.4 Å². The van der Waals surface area contributed by atoms with Gasteiger partial charge in [0.2, 0.25) is 0 Å². The third-order valence-corrected chi connectivity index (χ3v) is 11.2. The summed E-state index contributed by atoms with van der Waals surface area (Å²) in [6.07, 6.45) is -2.03. The van der Waals surface area contributed by atoms with Crippen molar-refractivity contribution in [1.29, 1.82) is 0 Å². The Morgan fingerprint density at radius 3 is 1.08 bits per heavy atom. The lowest BCUT2D eigenvalue weighted by atomic mass is 9.86. The highest BCUT2D eigenvalue weighted by Gasteiger charge is 2.35. The van der Waals surface area contributed by atoms with Crippen molar-refractivity contribution in [3.05, 3.63) is 150 Å². The number of hydrogen-bond acceptors (Lipinski definition) is 8. The second-order valence-corrected chi connectivity index (χ2v) is 13.5. The van der Waals surface area contributed by atoms with E-state index in [0.29, 0.717) is 21.7 Å². The van der Waals surface area contributed by atoms with Crippen molar-refractivity contribution in [2.24, 2.45) is 30.0 Å². The Labute approximate surface area is 278 Å². The molecule has 4 unspecified atom stereocenters. The minimum atomic E-state index is -0.520. The van der Waals surface area contributed by atoms with Gasteiger partial charge >= 0.3 is 0 Å². The van der Waals surface area contributed by atoms with Gasteiger partial charge < -0.3 is 0 Å². The summed E-state index contributed by atoms with van der Waals surface area (Å²) in [5, 5.41) is 14.1. The Morgan fingerprint density at radius 2 is 0.680 bits per heavy atom. The first-order valence-corrected chi connectivity index (χ1v) is 16.7. The molecule has 0 bridgehead atoms. The van der Waals surface area contributed by atoms with Crippen molar-refractivity contribution in [2.45, 2.75) is 24.7 Å². The van der Waals surface area contributed by atoms with Gasteiger partial charge in [-0.05, 0) is 80.8 Å².